The van der Waals surface area contributed by atoms with Gasteiger partial charge in [0.2, 0.25) is 0 Å². The van der Waals surface area contributed by atoms with Crippen molar-refractivity contribution in [3.05, 3.63) is 22.8 Å². The normalized spacial score (nSPS) is 19.9. The van der Waals surface area contributed by atoms with E-state index >= 15 is 0 Å². The minimum absolute atomic E-state index is 0.272. The first kappa shape index (κ1) is 13.6. The number of nitrogens with zero attached hydrogens (tertiary/aromatic N) is 1. The zero-order chi connectivity index (χ0) is 13.2. The van der Waals surface area contributed by atoms with E-state index in [2.05, 4.69) is 4.98 Å². The second-order valence-electron chi connectivity index (χ2n) is 4.81. The van der Waals surface area contributed by atoms with Crippen LogP contribution in [0.1, 0.15) is 44.2 Å². The molecule has 0 aromatic carbocycles. The van der Waals surface area contributed by atoms with Gasteiger partial charge in [0.25, 0.3) is 0 Å². The molecule has 2 rings (SSSR count). The first-order chi connectivity index (χ1) is 8.59. The van der Waals surface area contributed by atoms with Crippen LogP contribution in [0.3, 0.4) is 0 Å². The standard InChI is InChI=1S/C13H20ClN3O/c1-2-18-13(5-3-4-6-13)11(15)10-7-9(14)8-17-12(10)16/h7-8,11H,2-6,15H2,1H3,(H2,16,17). The largest absolute Gasteiger partial charge is 0.383 e. The Hall–Kier alpha value is -0.840. The molecule has 1 heterocycles. The molecule has 0 bridgehead atoms. The van der Waals surface area contributed by atoms with Crippen LogP contribution in [-0.4, -0.2) is 17.2 Å². The van der Waals surface area contributed by atoms with Gasteiger partial charge in [-0.3, -0.25) is 0 Å². The molecule has 1 aliphatic carbocycles. The van der Waals surface area contributed by atoms with Crippen molar-refractivity contribution in [3.8, 4) is 0 Å². The van der Waals surface area contributed by atoms with Crippen molar-refractivity contribution >= 4 is 17.4 Å². The fourth-order valence-corrected chi connectivity index (χ4v) is 2.97. The Morgan fingerprint density at radius 2 is 2.17 bits per heavy atom. The van der Waals surface area contributed by atoms with Crippen LogP contribution in [0, 0.1) is 0 Å². The lowest BCUT2D eigenvalue weighted by atomic mass is 9.87. The van der Waals surface area contributed by atoms with E-state index in [9.17, 15) is 0 Å². The molecule has 18 heavy (non-hydrogen) atoms. The van der Waals surface area contributed by atoms with Gasteiger partial charge in [-0.05, 0) is 25.8 Å². The Morgan fingerprint density at radius 3 is 2.78 bits per heavy atom. The van der Waals surface area contributed by atoms with Crippen molar-refractivity contribution in [2.24, 2.45) is 5.73 Å². The van der Waals surface area contributed by atoms with Crippen molar-refractivity contribution in [1.29, 1.82) is 0 Å². The minimum Gasteiger partial charge on any atom is -0.383 e. The lowest BCUT2D eigenvalue weighted by Crippen LogP contribution is -2.42. The molecule has 4 nitrogen and oxygen atoms in total. The second-order valence-corrected chi connectivity index (χ2v) is 5.25. The van der Waals surface area contributed by atoms with Crippen LogP contribution >= 0.6 is 11.6 Å². The Kier molecular flexibility index (Phi) is 4.10. The summed E-state index contributed by atoms with van der Waals surface area (Å²) in [5, 5.41) is 0.555. The Bertz CT molecular complexity index is 419. The van der Waals surface area contributed by atoms with Crippen molar-refractivity contribution in [1.82, 2.24) is 4.98 Å². The summed E-state index contributed by atoms with van der Waals surface area (Å²) in [6, 6.07) is 1.53. The first-order valence-corrected chi connectivity index (χ1v) is 6.77. The summed E-state index contributed by atoms with van der Waals surface area (Å²) >= 11 is 5.98. The number of hydrogen-bond donors (Lipinski definition) is 2. The van der Waals surface area contributed by atoms with Gasteiger partial charge in [0, 0.05) is 18.4 Å². The molecule has 4 N–H and O–H groups in total. The first-order valence-electron chi connectivity index (χ1n) is 6.39. The predicted octanol–water partition coefficient (Wildman–Crippen LogP) is 2.67. The molecule has 1 unspecified atom stereocenters. The molecule has 1 aliphatic rings. The molecule has 1 aromatic heterocycles. The number of pyridine rings is 1. The van der Waals surface area contributed by atoms with E-state index in [1.165, 1.54) is 6.20 Å². The maximum atomic E-state index is 6.39. The molecule has 5 heteroatoms. The fourth-order valence-electron chi connectivity index (χ4n) is 2.80. The average Bonchev–Trinajstić information content (AvgIpc) is 2.82. The zero-order valence-electron chi connectivity index (χ0n) is 10.7. The molecule has 1 fully saturated rings. The van der Waals surface area contributed by atoms with E-state index in [4.69, 9.17) is 27.8 Å². The van der Waals surface area contributed by atoms with Crippen LogP contribution in [-0.2, 0) is 4.74 Å². The highest BCUT2D eigenvalue weighted by molar-refractivity contribution is 6.30. The summed E-state index contributed by atoms with van der Waals surface area (Å²) in [6.45, 7) is 2.65. The van der Waals surface area contributed by atoms with Gasteiger partial charge in [0.1, 0.15) is 5.82 Å². The molecule has 0 spiro atoms. The van der Waals surface area contributed by atoms with Gasteiger partial charge in [-0.1, -0.05) is 24.4 Å². The van der Waals surface area contributed by atoms with Crippen molar-refractivity contribution in [2.75, 3.05) is 12.3 Å². The highest BCUT2D eigenvalue weighted by atomic mass is 35.5. The summed E-state index contributed by atoms with van der Waals surface area (Å²) in [7, 11) is 0. The van der Waals surface area contributed by atoms with Crippen LogP contribution < -0.4 is 11.5 Å². The van der Waals surface area contributed by atoms with Crippen molar-refractivity contribution in [3.63, 3.8) is 0 Å². The highest BCUT2D eigenvalue weighted by Crippen LogP contribution is 2.43. The minimum atomic E-state index is -0.310. The summed E-state index contributed by atoms with van der Waals surface area (Å²) in [5.74, 6) is 0.442. The summed E-state index contributed by atoms with van der Waals surface area (Å²) in [6.07, 6.45) is 5.75. The Morgan fingerprint density at radius 1 is 1.50 bits per heavy atom. The zero-order valence-corrected chi connectivity index (χ0v) is 11.4. The number of hydrogen-bond acceptors (Lipinski definition) is 4. The maximum absolute atomic E-state index is 6.39. The number of nitrogen functional groups attached to an aromatic ring is 1. The van der Waals surface area contributed by atoms with Gasteiger partial charge in [-0.15, -0.1) is 0 Å². The molecule has 0 aliphatic heterocycles. The van der Waals surface area contributed by atoms with E-state index in [1.807, 2.05) is 6.92 Å². The molecule has 100 valence electrons. The van der Waals surface area contributed by atoms with Crippen LogP contribution in [0.15, 0.2) is 12.3 Å². The van der Waals surface area contributed by atoms with Gasteiger partial charge in [-0.25, -0.2) is 4.98 Å². The van der Waals surface area contributed by atoms with Crippen molar-refractivity contribution < 1.29 is 4.74 Å². The van der Waals surface area contributed by atoms with E-state index in [1.54, 1.807) is 6.07 Å². The van der Waals surface area contributed by atoms with E-state index in [-0.39, 0.29) is 11.6 Å². The fraction of sp³-hybridized carbons (Fsp3) is 0.615. The van der Waals surface area contributed by atoms with Crippen LogP contribution in [0.2, 0.25) is 5.02 Å². The van der Waals surface area contributed by atoms with Gasteiger partial charge >= 0.3 is 0 Å². The summed E-state index contributed by atoms with van der Waals surface area (Å²) in [5.41, 5.74) is 12.8. The van der Waals surface area contributed by atoms with Gasteiger partial charge in [-0.2, -0.15) is 0 Å². The predicted molar refractivity (Wildman–Crippen MR) is 73.4 cm³/mol. The van der Waals surface area contributed by atoms with Gasteiger partial charge < -0.3 is 16.2 Å². The topological polar surface area (TPSA) is 74.2 Å². The van der Waals surface area contributed by atoms with E-state index < -0.39 is 0 Å². The molecule has 1 atom stereocenters. The summed E-state index contributed by atoms with van der Waals surface area (Å²) in [4.78, 5) is 4.07. The van der Waals surface area contributed by atoms with E-state index in [0.717, 1.165) is 31.2 Å². The number of halogens is 1. The van der Waals surface area contributed by atoms with E-state index in [0.29, 0.717) is 17.4 Å². The molecule has 0 amide bonds. The molecular weight excluding hydrogens is 250 g/mol. The molecule has 0 saturated heterocycles. The number of ether oxygens (including phenoxy) is 1. The summed E-state index contributed by atoms with van der Waals surface area (Å²) < 4.78 is 5.95. The third kappa shape index (κ3) is 2.46. The highest BCUT2D eigenvalue weighted by Gasteiger charge is 2.42. The number of nitrogens with two attached hydrogens (primary N) is 2. The Balaban J connectivity index is 2.33. The molecule has 0 radical (unpaired) electrons. The number of rotatable bonds is 4. The molecular formula is C13H20ClN3O. The monoisotopic (exact) mass is 269 g/mol. The number of anilines is 1. The average molecular weight is 270 g/mol. The van der Waals surface area contributed by atoms with Crippen LogP contribution in [0.4, 0.5) is 5.82 Å². The van der Waals surface area contributed by atoms with Crippen LogP contribution in [0.25, 0.3) is 0 Å². The van der Waals surface area contributed by atoms with Gasteiger partial charge in [0.05, 0.1) is 16.7 Å². The molecule has 1 saturated carbocycles. The lowest BCUT2D eigenvalue weighted by molar-refractivity contribution is -0.0535. The van der Waals surface area contributed by atoms with Gasteiger partial charge in [0.15, 0.2) is 0 Å². The molecule has 1 aromatic rings. The van der Waals surface area contributed by atoms with Crippen molar-refractivity contribution in [2.45, 2.75) is 44.2 Å². The quantitative estimate of drug-likeness (QED) is 0.881. The SMILES string of the molecule is CCOC1(C(N)c2cc(Cl)cnc2N)CCCC1. The lowest BCUT2D eigenvalue weighted by Gasteiger charge is -2.35. The number of aromatic nitrogens is 1. The third-order valence-electron chi connectivity index (χ3n) is 3.70. The van der Waals surface area contributed by atoms with Crippen LogP contribution in [0.5, 0.6) is 0 Å². The maximum Gasteiger partial charge on any atom is 0.128 e. The Labute approximate surface area is 113 Å². The second kappa shape index (κ2) is 5.43. The third-order valence-corrected chi connectivity index (χ3v) is 3.91. The smallest absolute Gasteiger partial charge is 0.128 e.